The molecular formula is C48H38N2. The predicted molar refractivity (Wildman–Crippen MR) is 214 cm³/mol. The number of hydrogen-bond donors (Lipinski definition) is 0. The smallest absolute Gasteiger partial charge is 0.0490 e. The van der Waals surface area contributed by atoms with Gasteiger partial charge in [-0.15, -0.1) is 0 Å². The quantitative estimate of drug-likeness (QED) is 0.178. The van der Waals surface area contributed by atoms with Gasteiger partial charge in [-0.3, -0.25) is 0 Å². The van der Waals surface area contributed by atoms with Crippen LogP contribution in [0.2, 0.25) is 0 Å². The van der Waals surface area contributed by atoms with Crippen LogP contribution in [0.4, 0.5) is 34.1 Å². The molecule has 0 unspecified atom stereocenters. The maximum atomic E-state index is 2.39. The van der Waals surface area contributed by atoms with Crippen molar-refractivity contribution < 1.29 is 0 Å². The lowest BCUT2D eigenvalue weighted by atomic mass is 9.78. The monoisotopic (exact) mass is 642 g/mol. The van der Waals surface area contributed by atoms with Crippen LogP contribution in [0, 0.1) is 27.7 Å². The van der Waals surface area contributed by atoms with Gasteiger partial charge in [0.25, 0.3) is 0 Å². The molecule has 8 aromatic carbocycles. The van der Waals surface area contributed by atoms with Gasteiger partial charge >= 0.3 is 0 Å². The van der Waals surface area contributed by atoms with E-state index in [1.54, 1.807) is 0 Å². The topological polar surface area (TPSA) is 6.48 Å². The van der Waals surface area contributed by atoms with E-state index >= 15 is 0 Å². The first-order valence-corrected chi connectivity index (χ1v) is 17.4. The highest BCUT2D eigenvalue weighted by molar-refractivity contribution is 6.12. The Bertz CT molecular complexity index is 2380. The summed E-state index contributed by atoms with van der Waals surface area (Å²) in [4.78, 5) is 4.76. The summed E-state index contributed by atoms with van der Waals surface area (Å²) in [6, 6.07) is 58.2. The molecule has 0 saturated carbocycles. The largest absolute Gasteiger partial charge is 0.310 e. The average molecular weight is 643 g/mol. The van der Waals surface area contributed by atoms with Crippen molar-refractivity contribution >= 4 is 55.7 Å². The minimum Gasteiger partial charge on any atom is -0.310 e. The normalized spacial score (nSPS) is 11.6. The number of hydrogen-bond acceptors (Lipinski definition) is 2. The Morgan fingerprint density at radius 1 is 0.300 bits per heavy atom. The van der Waals surface area contributed by atoms with Crippen molar-refractivity contribution in [3.63, 3.8) is 0 Å². The lowest BCUT2D eigenvalue weighted by molar-refractivity contribution is 1.25. The van der Waals surface area contributed by atoms with Gasteiger partial charge < -0.3 is 9.80 Å². The summed E-state index contributed by atoms with van der Waals surface area (Å²) in [7, 11) is 0. The number of anilines is 6. The van der Waals surface area contributed by atoms with Crippen LogP contribution in [0.3, 0.4) is 0 Å². The number of nitrogens with zero attached hydrogens (tertiary/aromatic N) is 2. The number of para-hydroxylation sites is 2. The fourth-order valence-electron chi connectivity index (χ4n) is 7.55. The van der Waals surface area contributed by atoms with Crippen LogP contribution >= 0.6 is 0 Å². The van der Waals surface area contributed by atoms with Crippen LogP contribution in [-0.4, -0.2) is 0 Å². The lowest BCUT2D eigenvalue weighted by Crippen LogP contribution is -2.11. The third-order valence-corrected chi connectivity index (χ3v) is 10.3. The van der Waals surface area contributed by atoms with Crippen molar-refractivity contribution in [3.8, 4) is 22.3 Å². The summed E-state index contributed by atoms with van der Waals surface area (Å²) < 4.78 is 0. The van der Waals surface area contributed by atoms with E-state index in [0.717, 1.165) is 22.7 Å². The zero-order chi connectivity index (χ0) is 33.9. The average Bonchev–Trinajstić information content (AvgIpc) is 3.13. The van der Waals surface area contributed by atoms with Gasteiger partial charge in [-0.05, 0) is 168 Å². The second kappa shape index (κ2) is 11.8. The Morgan fingerprint density at radius 3 is 1.02 bits per heavy atom. The summed E-state index contributed by atoms with van der Waals surface area (Å²) in [6.07, 6.45) is 0. The zero-order valence-corrected chi connectivity index (χ0v) is 28.9. The molecule has 0 saturated heterocycles. The second-order valence-corrected chi connectivity index (χ2v) is 13.8. The first-order valence-electron chi connectivity index (χ1n) is 17.4. The van der Waals surface area contributed by atoms with Crippen molar-refractivity contribution in [2.45, 2.75) is 27.7 Å². The molecule has 1 aliphatic rings. The molecule has 9 rings (SSSR count). The standard InChI is InChI=1S/C48H38N2/c1-31-13-19-39(20-14-31)49(47-11-7-5-9-33(47)3)41-23-17-35-27-43-45(29-37(35)25-41)44-28-36-18-24-42(26-38(36)30-46(43)44)50(40-21-15-32(2)16-22-40)48-12-8-6-10-34(48)4/h5-30H,1-4H3. The first kappa shape index (κ1) is 30.0. The molecule has 0 aliphatic heterocycles. The van der Waals surface area contributed by atoms with Gasteiger partial charge in [0.15, 0.2) is 0 Å². The molecule has 1 aliphatic carbocycles. The van der Waals surface area contributed by atoms with E-state index < -0.39 is 0 Å². The Labute approximate surface area is 294 Å². The molecule has 0 atom stereocenters. The van der Waals surface area contributed by atoms with E-state index in [1.807, 2.05) is 0 Å². The van der Waals surface area contributed by atoms with Gasteiger partial charge in [0.1, 0.15) is 0 Å². The van der Waals surface area contributed by atoms with Crippen molar-refractivity contribution in [1.82, 2.24) is 0 Å². The van der Waals surface area contributed by atoms with Crippen LogP contribution in [0.1, 0.15) is 22.3 Å². The van der Waals surface area contributed by atoms with Gasteiger partial charge in [-0.2, -0.15) is 0 Å². The van der Waals surface area contributed by atoms with E-state index in [-0.39, 0.29) is 0 Å². The number of benzene rings is 8. The van der Waals surface area contributed by atoms with Crippen LogP contribution in [-0.2, 0) is 0 Å². The van der Waals surface area contributed by atoms with E-state index in [1.165, 1.54) is 77.4 Å². The molecule has 2 heteroatoms. The van der Waals surface area contributed by atoms with Gasteiger partial charge in [-0.1, -0.05) is 83.9 Å². The Hall–Kier alpha value is -6.12. The van der Waals surface area contributed by atoms with Crippen LogP contribution in [0.5, 0.6) is 0 Å². The molecule has 0 bridgehead atoms. The van der Waals surface area contributed by atoms with E-state index in [0.29, 0.717) is 0 Å². The molecule has 0 heterocycles. The molecule has 8 aromatic rings. The highest BCUT2D eigenvalue weighted by Gasteiger charge is 2.25. The summed E-state index contributed by atoms with van der Waals surface area (Å²) in [5.41, 5.74) is 17.4. The molecule has 50 heavy (non-hydrogen) atoms. The van der Waals surface area contributed by atoms with Gasteiger partial charge in [0.05, 0.1) is 0 Å². The van der Waals surface area contributed by atoms with Gasteiger partial charge in [0, 0.05) is 34.1 Å². The van der Waals surface area contributed by atoms with Crippen molar-refractivity contribution in [2.24, 2.45) is 0 Å². The van der Waals surface area contributed by atoms with E-state index in [4.69, 9.17) is 0 Å². The van der Waals surface area contributed by atoms with Crippen LogP contribution in [0.15, 0.2) is 158 Å². The molecule has 0 fully saturated rings. The van der Waals surface area contributed by atoms with Gasteiger partial charge in [0.2, 0.25) is 0 Å². The minimum atomic E-state index is 1.16. The van der Waals surface area contributed by atoms with Crippen molar-refractivity contribution in [3.05, 3.63) is 180 Å². The summed E-state index contributed by atoms with van der Waals surface area (Å²) in [5.74, 6) is 0. The Morgan fingerprint density at radius 2 is 0.640 bits per heavy atom. The van der Waals surface area contributed by atoms with Crippen molar-refractivity contribution in [2.75, 3.05) is 9.80 Å². The number of fused-ring (bicyclic) bond motifs is 6. The van der Waals surface area contributed by atoms with E-state index in [2.05, 4.69) is 195 Å². The maximum absolute atomic E-state index is 2.39. The molecule has 240 valence electrons. The van der Waals surface area contributed by atoms with Crippen molar-refractivity contribution in [1.29, 1.82) is 0 Å². The van der Waals surface area contributed by atoms with Crippen LogP contribution in [0.25, 0.3) is 43.8 Å². The summed E-state index contributed by atoms with van der Waals surface area (Å²) >= 11 is 0. The summed E-state index contributed by atoms with van der Waals surface area (Å²) in [5, 5.41) is 5.01. The fourth-order valence-corrected chi connectivity index (χ4v) is 7.55. The highest BCUT2D eigenvalue weighted by atomic mass is 15.1. The molecule has 0 N–H and O–H groups in total. The van der Waals surface area contributed by atoms with Gasteiger partial charge in [-0.25, -0.2) is 0 Å². The second-order valence-electron chi connectivity index (χ2n) is 13.8. The highest BCUT2D eigenvalue weighted by Crippen LogP contribution is 2.51. The maximum Gasteiger partial charge on any atom is 0.0490 e. The summed E-state index contributed by atoms with van der Waals surface area (Å²) in [6.45, 7) is 8.66. The molecule has 2 nitrogen and oxygen atoms in total. The van der Waals surface area contributed by atoms with E-state index in [9.17, 15) is 0 Å². The number of rotatable bonds is 6. The number of aryl methyl sites for hydroxylation is 4. The molecule has 0 radical (unpaired) electrons. The Balaban J connectivity index is 1.12. The third kappa shape index (κ3) is 5.04. The fraction of sp³-hybridized carbons (Fsp3) is 0.0833. The molecule has 0 amide bonds. The first-order chi connectivity index (χ1) is 24.4. The molecular weight excluding hydrogens is 605 g/mol. The lowest BCUT2D eigenvalue weighted by Gasteiger charge is -2.29. The predicted octanol–water partition coefficient (Wildman–Crippen LogP) is 13.8. The third-order valence-electron chi connectivity index (χ3n) is 10.3. The zero-order valence-electron chi connectivity index (χ0n) is 28.9. The molecule has 0 spiro atoms. The Kier molecular flexibility index (Phi) is 7.07. The van der Waals surface area contributed by atoms with Crippen LogP contribution < -0.4 is 9.80 Å². The minimum absolute atomic E-state index is 1.16. The SMILES string of the molecule is Cc1ccc(N(c2ccc3cc4c(cc3c2)-c2cc3ccc(N(c5ccc(C)cc5)c5ccccc5C)cc3cc2-4)c2ccccc2C)cc1. The molecule has 0 aromatic heterocycles.